The second kappa shape index (κ2) is 13.3. The molecule has 0 bridgehead atoms. The van der Waals surface area contributed by atoms with E-state index in [0.29, 0.717) is 0 Å². The van der Waals surface area contributed by atoms with Crippen LogP contribution in [0.3, 0.4) is 0 Å². The van der Waals surface area contributed by atoms with E-state index in [-0.39, 0.29) is 0 Å². The summed E-state index contributed by atoms with van der Waals surface area (Å²) in [5.41, 5.74) is 20.8. The largest absolute Gasteiger partial charge is 0.398 e. The fraction of sp³-hybridized carbons (Fsp3) is 0.0182. The Bertz CT molecular complexity index is 3360. The van der Waals surface area contributed by atoms with Crippen LogP contribution in [0.2, 0.25) is 0 Å². The summed E-state index contributed by atoms with van der Waals surface area (Å²) >= 11 is 1.87. The van der Waals surface area contributed by atoms with Crippen LogP contribution in [0.25, 0.3) is 98.1 Å². The molecule has 3 heterocycles. The first-order valence-electron chi connectivity index (χ1n) is 20.2. The van der Waals surface area contributed by atoms with Crippen LogP contribution < -0.4 is 5.73 Å². The molecule has 59 heavy (non-hydrogen) atoms. The topological polar surface area (TPSA) is 35.9 Å². The number of nitrogen functional groups attached to an aromatic ring is 1. The second-order valence-electron chi connectivity index (χ2n) is 15.5. The summed E-state index contributed by atoms with van der Waals surface area (Å²) in [5, 5.41) is 8.52. The molecule has 0 aliphatic rings. The fourth-order valence-corrected chi connectivity index (χ4v) is 10.7. The van der Waals surface area contributed by atoms with E-state index >= 15 is 0 Å². The highest BCUT2D eigenvalue weighted by molar-refractivity contribution is 7.19. The van der Waals surface area contributed by atoms with Crippen molar-refractivity contribution >= 4 is 81.5 Å². The predicted molar refractivity (Wildman–Crippen MR) is 253 cm³/mol. The summed E-state index contributed by atoms with van der Waals surface area (Å²) < 4.78 is 6.14. The third kappa shape index (κ3) is 5.34. The summed E-state index contributed by atoms with van der Waals surface area (Å²) in [6.07, 6.45) is 0.815. The highest BCUT2D eigenvalue weighted by atomic mass is 32.1. The van der Waals surface area contributed by atoms with Crippen molar-refractivity contribution in [3.63, 3.8) is 0 Å². The van der Waals surface area contributed by atoms with Crippen LogP contribution in [0.1, 0.15) is 10.4 Å². The number of benzene rings is 9. The number of para-hydroxylation sites is 4. The van der Waals surface area contributed by atoms with Crippen molar-refractivity contribution in [1.82, 2.24) is 9.13 Å². The van der Waals surface area contributed by atoms with Gasteiger partial charge in [-0.25, -0.2) is 0 Å². The Labute approximate surface area is 345 Å². The van der Waals surface area contributed by atoms with Gasteiger partial charge in [-0.15, -0.1) is 11.3 Å². The lowest BCUT2D eigenvalue weighted by Crippen LogP contribution is -2.00. The number of anilines is 1. The van der Waals surface area contributed by atoms with Gasteiger partial charge in [-0.2, -0.15) is 0 Å². The zero-order valence-corrected chi connectivity index (χ0v) is 33.0. The van der Waals surface area contributed by atoms with Gasteiger partial charge in [-0.3, -0.25) is 0 Å². The molecule has 0 aliphatic carbocycles. The van der Waals surface area contributed by atoms with E-state index in [1.54, 1.807) is 0 Å². The van der Waals surface area contributed by atoms with Crippen LogP contribution in [0.4, 0.5) is 5.69 Å². The van der Waals surface area contributed by atoms with E-state index in [4.69, 9.17) is 5.73 Å². The lowest BCUT2D eigenvalue weighted by molar-refractivity contribution is 1.13. The summed E-state index contributed by atoms with van der Waals surface area (Å²) in [6.45, 7) is 0. The van der Waals surface area contributed by atoms with E-state index in [1.807, 2.05) is 11.3 Å². The molecule has 0 atom stereocenters. The lowest BCUT2D eigenvalue weighted by atomic mass is 9.94. The Kier molecular flexibility index (Phi) is 7.62. The molecule has 2 N–H and O–H groups in total. The Balaban J connectivity index is 1.02. The molecule has 0 saturated carbocycles. The quantitative estimate of drug-likeness (QED) is 0.168. The molecule has 12 rings (SSSR count). The molecular formula is C55H37N3S. The minimum atomic E-state index is 0.815. The van der Waals surface area contributed by atoms with Crippen LogP contribution in [0.5, 0.6) is 0 Å². The standard InChI is InChI=1S/C55H37N3S/c56-55-41-14-2-1-13-37(41)29-30-47(55)54-46-19-7-12-24-52(46)59-53(54)31-35-25-27-36(28-26-35)38-32-39(57-48-20-8-3-15-42(48)43-16-4-9-21-49(43)57)34-40(33-38)58-50-22-10-5-17-44(50)45-18-6-11-23-51(45)58/h1-30,32-34H,31,56H2. The average Bonchev–Trinajstić information content (AvgIpc) is 3.94. The maximum absolute atomic E-state index is 6.97. The molecule has 0 unspecified atom stereocenters. The van der Waals surface area contributed by atoms with Crippen molar-refractivity contribution in [2.75, 3.05) is 5.73 Å². The predicted octanol–water partition coefficient (Wildman–Crippen LogP) is 14.8. The summed E-state index contributed by atoms with van der Waals surface area (Å²) in [6, 6.07) is 72.9. The molecule has 0 amide bonds. The van der Waals surface area contributed by atoms with Crippen molar-refractivity contribution in [2.45, 2.75) is 6.42 Å². The molecule has 3 nitrogen and oxygen atoms in total. The first kappa shape index (κ1) is 33.7. The highest BCUT2D eigenvalue weighted by Crippen LogP contribution is 2.44. The van der Waals surface area contributed by atoms with E-state index in [1.165, 1.54) is 80.8 Å². The maximum Gasteiger partial charge on any atom is 0.0541 e. The van der Waals surface area contributed by atoms with Crippen molar-refractivity contribution in [2.24, 2.45) is 0 Å². The average molecular weight is 772 g/mol. The molecule has 4 heteroatoms. The molecule has 0 saturated heterocycles. The van der Waals surface area contributed by atoms with Crippen LogP contribution >= 0.6 is 11.3 Å². The van der Waals surface area contributed by atoms with Gasteiger partial charge in [-0.05, 0) is 70.6 Å². The molecule has 0 spiro atoms. The van der Waals surface area contributed by atoms with Gasteiger partial charge in [0.2, 0.25) is 0 Å². The van der Waals surface area contributed by atoms with Crippen molar-refractivity contribution < 1.29 is 0 Å². The summed E-state index contributed by atoms with van der Waals surface area (Å²) in [4.78, 5) is 1.32. The summed E-state index contributed by atoms with van der Waals surface area (Å²) in [5.74, 6) is 0. The number of hydrogen-bond donors (Lipinski definition) is 1. The number of nitrogens with two attached hydrogens (primary N) is 1. The number of fused-ring (bicyclic) bond motifs is 8. The number of rotatable bonds is 6. The zero-order valence-electron chi connectivity index (χ0n) is 32.1. The molecule has 0 aliphatic heterocycles. The minimum Gasteiger partial charge on any atom is -0.398 e. The smallest absolute Gasteiger partial charge is 0.0541 e. The lowest BCUT2D eigenvalue weighted by Gasteiger charge is -2.16. The molecule has 0 fully saturated rings. The number of nitrogens with zero attached hydrogens (tertiary/aromatic N) is 2. The molecule has 9 aromatic carbocycles. The number of aromatic nitrogens is 2. The molecule has 0 radical (unpaired) electrons. The minimum absolute atomic E-state index is 0.815. The molecular weight excluding hydrogens is 735 g/mol. The van der Waals surface area contributed by atoms with E-state index in [2.05, 4.69) is 209 Å². The van der Waals surface area contributed by atoms with Crippen LogP contribution in [-0.2, 0) is 6.42 Å². The first-order chi connectivity index (χ1) is 29.2. The van der Waals surface area contributed by atoms with Gasteiger partial charge in [-0.1, -0.05) is 152 Å². The highest BCUT2D eigenvalue weighted by Gasteiger charge is 2.20. The van der Waals surface area contributed by atoms with E-state index in [0.717, 1.165) is 39.8 Å². The van der Waals surface area contributed by atoms with Crippen LogP contribution in [0.15, 0.2) is 200 Å². The molecule has 3 aromatic heterocycles. The monoisotopic (exact) mass is 771 g/mol. The van der Waals surface area contributed by atoms with Crippen LogP contribution in [-0.4, -0.2) is 9.13 Å². The SMILES string of the molecule is Nc1c(-c2c(Cc3ccc(-c4cc(-n5c6ccccc6c6ccccc65)cc(-n5c6ccccc6c6ccccc65)c4)cc3)sc3ccccc23)ccc2ccccc12. The second-order valence-corrected chi connectivity index (χ2v) is 16.6. The van der Waals surface area contributed by atoms with Crippen molar-refractivity contribution in [1.29, 1.82) is 0 Å². The van der Waals surface area contributed by atoms with Crippen molar-refractivity contribution in [3.05, 3.63) is 211 Å². The van der Waals surface area contributed by atoms with Gasteiger partial charge in [0.15, 0.2) is 0 Å². The van der Waals surface area contributed by atoms with Crippen molar-refractivity contribution in [3.8, 4) is 33.6 Å². The van der Waals surface area contributed by atoms with Gasteiger partial charge in [0.1, 0.15) is 0 Å². The molecule has 278 valence electrons. The number of hydrogen-bond acceptors (Lipinski definition) is 2. The Morgan fingerprint density at radius 1 is 0.407 bits per heavy atom. The summed E-state index contributed by atoms with van der Waals surface area (Å²) in [7, 11) is 0. The van der Waals surface area contributed by atoms with Gasteiger partial charge in [0.05, 0.1) is 22.1 Å². The van der Waals surface area contributed by atoms with Gasteiger partial charge in [0.25, 0.3) is 0 Å². The van der Waals surface area contributed by atoms with E-state index < -0.39 is 0 Å². The van der Waals surface area contributed by atoms with Crippen LogP contribution in [0, 0.1) is 0 Å². The third-order valence-corrected chi connectivity index (χ3v) is 13.3. The Hall–Kier alpha value is -7.40. The number of thiophene rings is 1. The van der Waals surface area contributed by atoms with Gasteiger partial charge < -0.3 is 14.9 Å². The Morgan fingerprint density at radius 2 is 0.881 bits per heavy atom. The third-order valence-electron chi connectivity index (χ3n) is 12.1. The fourth-order valence-electron chi connectivity index (χ4n) is 9.45. The Morgan fingerprint density at radius 3 is 1.44 bits per heavy atom. The first-order valence-corrected chi connectivity index (χ1v) is 21.0. The molecule has 12 aromatic rings. The van der Waals surface area contributed by atoms with E-state index in [9.17, 15) is 0 Å². The zero-order chi connectivity index (χ0) is 39.0. The van der Waals surface area contributed by atoms with Gasteiger partial charge in [0, 0.05) is 76.5 Å². The normalized spacial score (nSPS) is 11.9. The maximum atomic E-state index is 6.97. The van der Waals surface area contributed by atoms with Gasteiger partial charge >= 0.3 is 0 Å².